The number of carbonyl (C=O) groups excluding carboxylic acids is 1. The van der Waals surface area contributed by atoms with E-state index in [1.807, 2.05) is 17.0 Å². The highest BCUT2D eigenvalue weighted by Crippen LogP contribution is 2.35. The molecule has 34 heavy (non-hydrogen) atoms. The molecule has 176 valence electrons. The van der Waals surface area contributed by atoms with E-state index < -0.39 is 5.97 Å². The maximum Gasteiger partial charge on any atom is 0.347 e. The van der Waals surface area contributed by atoms with Gasteiger partial charge >= 0.3 is 5.97 Å². The second kappa shape index (κ2) is 9.21. The summed E-state index contributed by atoms with van der Waals surface area (Å²) < 4.78 is 0. The summed E-state index contributed by atoms with van der Waals surface area (Å²) in [7, 11) is 0. The van der Waals surface area contributed by atoms with Gasteiger partial charge in [0.05, 0.1) is 12.2 Å². The smallest absolute Gasteiger partial charge is 0.347 e. The third-order valence-electron chi connectivity index (χ3n) is 5.79. The van der Waals surface area contributed by atoms with Gasteiger partial charge in [-0.15, -0.1) is 0 Å². The normalized spacial score (nSPS) is 15.6. The molecule has 0 aliphatic carbocycles. The quantitative estimate of drug-likeness (QED) is 0.480. The lowest BCUT2D eigenvalue weighted by molar-refractivity contribution is -0.120. The van der Waals surface area contributed by atoms with Gasteiger partial charge in [0.2, 0.25) is 11.9 Å². The molecule has 2 aliphatic heterocycles. The number of hydrogen-bond donors (Lipinski definition) is 3. The summed E-state index contributed by atoms with van der Waals surface area (Å²) in [5, 5.41) is 15.7. The number of rotatable bonds is 6. The Kier molecular flexibility index (Phi) is 5.97. The molecule has 2 aliphatic rings. The zero-order valence-electron chi connectivity index (χ0n) is 18.6. The SMILES string of the molecule is Cc1nc(Nc2nc(N3CCNC(=O)C3)c3c(n2)N(Cc2ccncc2)CCC3)sc1C(=O)O. The first-order chi connectivity index (χ1) is 16.5. The number of nitrogens with one attached hydrogen (secondary N) is 2. The summed E-state index contributed by atoms with van der Waals surface area (Å²) in [5.74, 6) is 0.811. The molecule has 1 saturated heterocycles. The summed E-state index contributed by atoms with van der Waals surface area (Å²) in [4.78, 5) is 45.9. The van der Waals surface area contributed by atoms with Crippen molar-refractivity contribution in [2.24, 2.45) is 0 Å². The molecule has 3 aromatic rings. The molecule has 3 aromatic heterocycles. The van der Waals surface area contributed by atoms with E-state index in [9.17, 15) is 14.7 Å². The van der Waals surface area contributed by atoms with Gasteiger partial charge in [-0.2, -0.15) is 9.97 Å². The number of thiazole rings is 1. The van der Waals surface area contributed by atoms with E-state index in [0.717, 1.165) is 53.5 Å². The molecule has 11 nitrogen and oxygen atoms in total. The van der Waals surface area contributed by atoms with E-state index in [1.54, 1.807) is 19.3 Å². The monoisotopic (exact) mass is 480 g/mol. The Morgan fingerprint density at radius 2 is 2.00 bits per heavy atom. The van der Waals surface area contributed by atoms with E-state index in [2.05, 4.69) is 25.5 Å². The van der Waals surface area contributed by atoms with Gasteiger partial charge in [-0.1, -0.05) is 11.3 Å². The molecule has 1 amide bonds. The first-order valence-electron chi connectivity index (χ1n) is 11.0. The fourth-order valence-electron chi connectivity index (χ4n) is 4.24. The van der Waals surface area contributed by atoms with Gasteiger partial charge in [0, 0.05) is 44.1 Å². The van der Waals surface area contributed by atoms with Crippen molar-refractivity contribution >= 4 is 45.9 Å². The molecule has 0 atom stereocenters. The lowest BCUT2D eigenvalue weighted by Gasteiger charge is -2.35. The first-order valence-corrected chi connectivity index (χ1v) is 11.8. The number of anilines is 4. The Labute approximate surface area is 199 Å². The van der Waals surface area contributed by atoms with Crippen LogP contribution in [0.4, 0.5) is 22.7 Å². The Morgan fingerprint density at radius 1 is 1.21 bits per heavy atom. The second-order valence-electron chi connectivity index (χ2n) is 8.19. The fourth-order valence-corrected chi connectivity index (χ4v) is 5.04. The van der Waals surface area contributed by atoms with Crippen molar-refractivity contribution < 1.29 is 14.7 Å². The second-order valence-corrected chi connectivity index (χ2v) is 9.19. The van der Waals surface area contributed by atoms with Crippen molar-refractivity contribution in [1.29, 1.82) is 0 Å². The Morgan fingerprint density at radius 3 is 2.74 bits per heavy atom. The predicted octanol–water partition coefficient (Wildman–Crippen LogP) is 1.97. The number of hydrogen-bond acceptors (Lipinski definition) is 10. The van der Waals surface area contributed by atoms with Gasteiger partial charge < -0.3 is 20.2 Å². The number of aryl methyl sites for hydroxylation is 1. The van der Waals surface area contributed by atoms with Crippen LogP contribution in [0, 0.1) is 6.92 Å². The van der Waals surface area contributed by atoms with Crippen LogP contribution in [0.5, 0.6) is 0 Å². The predicted molar refractivity (Wildman–Crippen MR) is 128 cm³/mol. The number of piperazine rings is 1. The molecule has 1 fully saturated rings. The summed E-state index contributed by atoms with van der Waals surface area (Å²) in [6.07, 6.45) is 5.32. The molecule has 3 N–H and O–H groups in total. The molecule has 0 saturated carbocycles. The molecule has 5 heterocycles. The van der Waals surface area contributed by atoms with Crippen molar-refractivity contribution in [1.82, 2.24) is 25.3 Å². The van der Waals surface area contributed by atoms with Crippen molar-refractivity contribution in [3.05, 3.63) is 46.2 Å². The lowest BCUT2D eigenvalue weighted by atomic mass is 10.0. The van der Waals surface area contributed by atoms with Gasteiger partial charge in [0.25, 0.3) is 0 Å². The van der Waals surface area contributed by atoms with Crippen molar-refractivity contribution in [2.45, 2.75) is 26.3 Å². The number of amides is 1. The average Bonchev–Trinajstić information content (AvgIpc) is 3.20. The number of nitrogens with zero attached hydrogens (tertiary/aromatic N) is 6. The molecule has 5 rings (SSSR count). The van der Waals surface area contributed by atoms with E-state index in [1.165, 1.54) is 0 Å². The van der Waals surface area contributed by atoms with Crippen LogP contribution in [-0.2, 0) is 17.8 Å². The molecule has 0 radical (unpaired) electrons. The van der Waals surface area contributed by atoms with Crippen LogP contribution in [0.25, 0.3) is 0 Å². The molecule has 0 spiro atoms. The van der Waals surface area contributed by atoms with E-state index >= 15 is 0 Å². The van der Waals surface area contributed by atoms with Gasteiger partial charge in [-0.05, 0) is 37.5 Å². The number of fused-ring (bicyclic) bond motifs is 1. The minimum Gasteiger partial charge on any atom is -0.477 e. The Bertz CT molecular complexity index is 1230. The number of carbonyl (C=O) groups is 2. The summed E-state index contributed by atoms with van der Waals surface area (Å²) in [6, 6.07) is 3.96. The highest BCUT2D eigenvalue weighted by Gasteiger charge is 2.29. The number of pyridine rings is 1. The standard InChI is InChI=1S/C22H24N8O3S/c1-13-17(20(32)33)34-22(25-13)28-21-26-18-15(19(27-21)30-10-8-24-16(31)12-30)3-2-9-29(18)11-14-4-6-23-7-5-14/h4-7H,2-3,8-12H2,1H3,(H,24,31)(H,32,33)(H,25,26,27,28). The molecular weight excluding hydrogens is 456 g/mol. The largest absolute Gasteiger partial charge is 0.477 e. The Hall–Kier alpha value is -3.80. The molecule has 0 unspecified atom stereocenters. The zero-order chi connectivity index (χ0) is 23.7. The van der Waals surface area contributed by atoms with Gasteiger partial charge in [-0.25, -0.2) is 9.78 Å². The lowest BCUT2D eigenvalue weighted by Crippen LogP contribution is -2.48. The highest BCUT2D eigenvalue weighted by molar-refractivity contribution is 7.17. The minimum absolute atomic E-state index is 0.0424. The van der Waals surface area contributed by atoms with Gasteiger partial charge in [-0.3, -0.25) is 15.1 Å². The maximum atomic E-state index is 12.1. The molecule has 0 bridgehead atoms. The van der Waals surface area contributed by atoms with Crippen LogP contribution in [0.2, 0.25) is 0 Å². The van der Waals surface area contributed by atoms with Gasteiger partial charge in [0.1, 0.15) is 16.5 Å². The third kappa shape index (κ3) is 4.49. The van der Waals surface area contributed by atoms with Crippen LogP contribution in [0.1, 0.15) is 32.9 Å². The highest BCUT2D eigenvalue weighted by atomic mass is 32.1. The number of aromatic nitrogens is 4. The van der Waals surface area contributed by atoms with Crippen LogP contribution in [0.3, 0.4) is 0 Å². The Balaban J connectivity index is 1.54. The van der Waals surface area contributed by atoms with E-state index in [-0.39, 0.29) is 17.3 Å². The summed E-state index contributed by atoms with van der Waals surface area (Å²) in [6.45, 7) is 4.60. The number of carboxylic acid groups (broad SMARTS) is 1. The average molecular weight is 481 g/mol. The maximum absolute atomic E-state index is 12.1. The van der Waals surface area contributed by atoms with Crippen LogP contribution in [-0.4, -0.2) is 63.1 Å². The van der Waals surface area contributed by atoms with Gasteiger partial charge in [0.15, 0.2) is 5.13 Å². The third-order valence-corrected chi connectivity index (χ3v) is 6.85. The summed E-state index contributed by atoms with van der Waals surface area (Å²) >= 11 is 1.05. The number of carboxylic acids is 1. The van der Waals surface area contributed by atoms with Crippen molar-refractivity contribution in [3.63, 3.8) is 0 Å². The zero-order valence-corrected chi connectivity index (χ0v) is 19.4. The molecule has 0 aromatic carbocycles. The van der Waals surface area contributed by atoms with Crippen LogP contribution < -0.4 is 20.4 Å². The van der Waals surface area contributed by atoms with E-state index in [4.69, 9.17) is 9.97 Å². The molecular formula is C22H24N8O3S. The fraction of sp³-hybridized carbons (Fsp3) is 0.364. The number of aromatic carboxylic acids is 1. The molecule has 12 heteroatoms. The minimum atomic E-state index is -1.02. The van der Waals surface area contributed by atoms with Crippen LogP contribution >= 0.6 is 11.3 Å². The first kappa shape index (κ1) is 22.0. The topological polar surface area (TPSA) is 136 Å². The van der Waals surface area contributed by atoms with E-state index in [0.29, 0.717) is 36.4 Å². The van der Waals surface area contributed by atoms with Crippen molar-refractivity contribution in [2.75, 3.05) is 41.3 Å². The van der Waals surface area contributed by atoms with Crippen LogP contribution in [0.15, 0.2) is 24.5 Å². The summed E-state index contributed by atoms with van der Waals surface area (Å²) in [5.41, 5.74) is 2.57. The van der Waals surface area contributed by atoms with Crippen molar-refractivity contribution in [3.8, 4) is 0 Å².